The number of rotatable bonds is 8. The molecule has 3 radical (unpaired) electrons. The van der Waals surface area contributed by atoms with Crippen molar-refractivity contribution in [2.24, 2.45) is 0 Å². The molecule has 133 valence electrons. The zero-order valence-corrected chi connectivity index (χ0v) is 14.6. The van der Waals surface area contributed by atoms with Gasteiger partial charge in [-0.15, -0.1) is 0 Å². The van der Waals surface area contributed by atoms with Gasteiger partial charge in [0.1, 0.15) is 0 Å². The van der Waals surface area contributed by atoms with Gasteiger partial charge in [-0.05, 0) is 12.8 Å². The van der Waals surface area contributed by atoms with Gasteiger partial charge in [0.15, 0.2) is 0 Å². The second kappa shape index (κ2) is 50.3. The van der Waals surface area contributed by atoms with Gasteiger partial charge in [-0.2, -0.15) is 10.5 Å². The Morgan fingerprint density at radius 1 is 0.619 bits per heavy atom. The van der Waals surface area contributed by atoms with E-state index in [1.54, 1.807) is 0 Å². The van der Waals surface area contributed by atoms with E-state index in [-0.39, 0.29) is 63.5 Å². The molecule has 0 aromatic heterocycles. The fourth-order valence-electron chi connectivity index (χ4n) is 0.816. The summed E-state index contributed by atoms with van der Waals surface area (Å²) in [5.41, 5.74) is 0. The van der Waals surface area contributed by atoms with E-state index < -0.39 is 0 Å². The van der Waals surface area contributed by atoms with Crippen molar-refractivity contribution in [2.45, 2.75) is 51.4 Å². The first-order valence-corrected chi connectivity index (χ1v) is 5.31. The molecule has 6 nitrogen and oxygen atoms in total. The van der Waals surface area contributed by atoms with Crippen LogP contribution in [0.4, 0.5) is 0 Å². The molecule has 6 N–H and O–H groups in total. The van der Waals surface area contributed by atoms with Crippen LogP contribution in [0.25, 0.3) is 10.8 Å². The molecular formula is C12H22Cu3N6. The number of hydrogen-bond acceptors (Lipinski definition) is 4. The summed E-state index contributed by atoms with van der Waals surface area (Å²) in [6.45, 7) is 0. The first-order valence-electron chi connectivity index (χ1n) is 5.31. The van der Waals surface area contributed by atoms with E-state index in [0.29, 0.717) is 25.7 Å². The van der Waals surface area contributed by atoms with Crippen LogP contribution in [0.3, 0.4) is 0 Å². The average Bonchev–Trinajstić information content (AvgIpc) is 2.31. The quantitative estimate of drug-likeness (QED) is 0.335. The van der Waals surface area contributed by atoms with E-state index in [1.165, 1.54) is 0 Å². The van der Waals surface area contributed by atoms with Crippen molar-refractivity contribution in [1.29, 1.82) is 10.5 Å². The Hall–Kier alpha value is -0.202. The van der Waals surface area contributed by atoms with E-state index in [4.69, 9.17) is 21.3 Å². The molecule has 0 spiro atoms. The van der Waals surface area contributed by atoms with Gasteiger partial charge < -0.3 is 23.1 Å². The molecule has 9 heteroatoms. The molecule has 0 rings (SSSR count). The second-order valence-corrected chi connectivity index (χ2v) is 3.05. The van der Waals surface area contributed by atoms with Crippen molar-refractivity contribution in [3.05, 3.63) is 10.8 Å². The third kappa shape index (κ3) is 65.3. The van der Waals surface area contributed by atoms with Crippen molar-refractivity contribution >= 4 is 12.4 Å². The Balaban J connectivity index is -0.0000000302. The molecule has 21 heavy (non-hydrogen) atoms. The molecule has 0 amide bonds. The Kier molecular flexibility index (Phi) is 102. The average molecular weight is 441 g/mol. The van der Waals surface area contributed by atoms with Crippen LogP contribution in [-0.4, -0.2) is 12.4 Å². The zero-order valence-electron chi connectivity index (χ0n) is 11.8. The topological polar surface area (TPSA) is 162 Å². The first kappa shape index (κ1) is 42.8. The molecule has 0 aliphatic heterocycles. The number of nitrogens with zero attached hydrogens (tertiary/aromatic N) is 4. The Bertz CT molecular complexity index is 224. The molecule has 0 aliphatic rings. The summed E-state index contributed by atoms with van der Waals surface area (Å²) in [5, 5.41) is 32.1. The van der Waals surface area contributed by atoms with Crippen LogP contribution >= 0.6 is 0 Å². The van der Waals surface area contributed by atoms with E-state index in [2.05, 4.69) is 0 Å². The van der Waals surface area contributed by atoms with Crippen LogP contribution in [0.2, 0.25) is 0 Å². The van der Waals surface area contributed by atoms with Crippen molar-refractivity contribution < 1.29 is 51.2 Å². The SMILES string of the molecule is N.N.N#CCCCC[C]=[N-].N#CCCCC[C]=[N-].[Cu+].[Cu+].[Cu]. The maximum Gasteiger partial charge on any atom is 1.00 e. The maximum absolute atomic E-state index is 8.03. The summed E-state index contributed by atoms with van der Waals surface area (Å²) in [7, 11) is 0. The minimum absolute atomic E-state index is 0. The molecule has 0 bridgehead atoms. The van der Waals surface area contributed by atoms with Gasteiger partial charge in [0, 0.05) is 29.9 Å². The van der Waals surface area contributed by atoms with Crippen LogP contribution in [0, 0.1) is 22.7 Å². The fourth-order valence-corrected chi connectivity index (χ4v) is 0.816. The zero-order chi connectivity index (χ0) is 12.5. The smallest absolute Gasteiger partial charge is 0.809 e. The van der Waals surface area contributed by atoms with Crippen LogP contribution in [0.1, 0.15) is 51.4 Å². The third-order valence-electron chi connectivity index (χ3n) is 1.65. The van der Waals surface area contributed by atoms with E-state index >= 15 is 0 Å². The number of unbranched alkanes of at least 4 members (excludes halogenated alkanes) is 6. The molecule has 0 aromatic rings. The minimum Gasteiger partial charge on any atom is -0.809 e. The molecule has 0 saturated heterocycles. The normalized spacial score (nSPS) is 6.00. The molecule has 0 aromatic carbocycles. The maximum atomic E-state index is 8.03. The number of hydrogen-bond donors (Lipinski definition) is 2. The molecule has 0 atom stereocenters. The Morgan fingerprint density at radius 2 is 0.857 bits per heavy atom. The molecular weight excluding hydrogens is 419 g/mol. The van der Waals surface area contributed by atoms with Crippen LogP contribution < -0.4 is 12.3 Å². The third-order valence-corrected chi connectivity index (χ3v) is 1.65. The minimum atomic E-state index is 0. The predicted molar refractivity (Wildman–Crippen MR) is 74.9 cm³/mol. The summed E-state index contributed by atoms with van der Waals surface area (Å²) >= 11 is 0. The molecule has 0 saturated carbocycles. The van der Waals surface area contributed by atoms with E-state index in [9.17, 15) is 0 Å². The molecule has 0 unspecified atom stereocenters. The van der Waals surface area contributed by atoms with E-state index in [1.807, 2.05) is 24.6 Å². The second-order valence-electron chi connectivity index (χ2n) is 3.05. The Morgan fingerprint density at radius 3 is 1.05 bits per heavy atom. The largest absolute Gasteiger partial charge is 1.00 e. The van der Waals surface area contributed by atoms with Gasteiger partial charge in [0.05, 0.1) is 12.1 Å². The summed E-state index contributed by atoms with van der Waals surface area (Å²) in [5.74, 6) is 0. The van der Waals surface area contributed by atoms with Crippen molar-refractivity contribution in [1.82, 2.24) is 12.3 Å². The van der Waals surface area contributed by atoms with Gasteiger partial charge in [-0.3, -0.25) is 0 Å². The predicted octanol–water partition coefficient (Wildman–Crippen LogP) is 3.49. The monoisotopic (exact) mass is 439 g/mol. The standard InChI is InChI=1S/2C6H8N2.3Cu.2H3N/c2*7-5-3-1-2-4-6-8;;;;;/h2*1-4H2;;;;2*1H3/q2*-1;;2*+1;;. The van der Waals surface area contributed by atoms with Crippen LogP contribution in [-0.2, 0) is 51.2 Å². The first-order chi connectivity index (χ1) is 7.83. The van der Waals surface area contributed by atoms with Crippen molar-refractivity contribution in [3.63, 3.8) is 0 Å². The van der Waals surface area contributed by atoms with Crippen LogP contribution in [0.5, 0.6) is 0 Å². The van der Waals surface area contributed by atoms with E-state index in [0.717, 1.165) is 25.7 Å². The molecule has 0 fully saturated rings. The molecule has 0 heterocycles. The fraction of sp³-hybridized carbons (Fsp3) is 0.667. The summed E-state index contributed by atoms with van der Waals surface area (Å²) in [6, 6.07) is 4.03. The van der Waals surface area contributed by atoms with Crippen molar-refractivity contribution in [2.75, 3.05) is 0 Å². The van der Waals surface area contributed by atoms with Gasteiger partial charge >= 0.3 is 34.1 Å². The van der Waals surface area contributed by atoms with Crippen LogP contribution in [0.15, 0.2) is 0 Å². The Labute approximate surface area is 160 Å². The summed E-state index contributed by atoms with van der Waals surface area (Å²) in [6.07, 6.45) is 9.83. The van der Waals surface area contributed by atoms with Gasteiger partial charge in [-0.25, -0.2) is 12.4 Å². The van der Waals surface area contributed by atoms with Gasteiger partial charge in [-0.1, -0.05) is 25.7 Å². The summed E-state index contributed by atoms with van der Waals surface area (Å²) in [4.78, 5) is 0. The number of nitriles is 2. The summed E-state index contributed by atoms with van der Waals surface area (Å²) < 4.78 is 0. The van der Waals surface area contributed by atoms with Gasteiger partial charge in [0.2, 0.25) is 0 Å². The molecule has 0 aliphatic carbocycles. The van der Waals surface area contributed by atoms with Crippen molar-refractivity contribution in [3.8, 4) is 12.1 Å². The van der Waals surface area contributed by atoms with Gasteiger partial charge in [0.25, 0.3) is 0 Å².